The molecule has 1 aromatic heterocycles. The molecule has 22 heavy (non-hydrogen) atoms. The number of rotatable bonds is 6. The lowest BCUT2D eigenvalue weighted by molar-refractivity contribution is 0.153. The Morgan fingerprint density at radius 2 is 1.82 bits per heavy atom. The molecule has 1 aromatic carbocycles. The van der Waals surface area contributed by atoms with Gasteiger partial charge >= 0.3 is 0 Å². The molecule has 3 heteroatoms. The largest absolute Gasteiger partial charge is 0.377 e. The second-order valence-corrected chi connectivity index (χ2v) is 5.52. The zero-order valence-electron chi connectivity index (χ0n) is 12.7. The van der Waals surface area contributed by atoms with Crippen molar-refractivity contribution in [1.82, 2.24) is 10.3 Å². The van der Waals surface area contributed by atoms with Gasteiger partial charge in [-0.05, 0) is 42.6 Å². The van der Waals surface area contributed by atoms with Gasteiger partial charge in [0, 0.05) is 12.4 Å². The molecule has 114 valence electrons. The molecule has 1 atom stereocenters. The number of ether oxygens (including phenoxy) is 1. The minimum Gasteiger partial charge on any atom is -0.377 e. The maximum atomic E-state index is 5.36. The van der Waals surface area contributed by atoms with E-state index in [9.17, 15) is 0 Å². The van der Waals surface area contributed by atoms with Gasteiger partial charge in [-0.15, -0.1) is 0 Å². The van der Waals surface area contributed by atoms with E-state index in [2.05, 4.69) is 58.8 Å². The third-order valence-corrected chi connectivity index (χ3v) is 4.02. The fraction of sp³-hybridized carbons (Fsp3) is 0.316. The lowest BCUT2D eigenvalue weighted by Gasteiger charge is -2.21. The SMILES string of the molecule is C1=C(CCN[C@H](c2ccccc2)c2ccncc2)CCOC1. The van der Waals surface area contributed by atoms with Crippen LogP contribution >= 0.6 is 0 Å². The molecule has 0 aliphatic carbocycles. The van der Waals surface area contributed by atoms with Crippen LogP contribution in [-0.2, 0) is 4.74 Å². The first kappa shape index (κ1) is 14.9. The van der Waals surface area contributed by atoms with Gasteiger partial charge in [0.2, 0.25) is 0 Å². The van der Waals surface area contributed by atoms with Gasteiger partial charge < -0.3 is 10.1 Å². The first-order valence-corrected chi connectivity index (χ1v) is 7.87. The van der Waals surface area contributed by atoms with Crippen LogP contribution in [-0.4, -0.2) is 24.7 Å². The van der Waals surface area contributed by atoms with Crippen LogP contribution in [0.15, 0.2) is 66.5 Å². The summed E-state index contributed by atoms with van der Waals surface area (Å²) in [6.45, 7) is 2.59. The minimum absolute atomic E-state index is 0.213. The van der Waals surface area contributed by atoms with Gasteiger partial charge in [-0.2, -0.15) is 0 Å². The van der Waals surface area contributed by atoms with E-state index >= 15 is 0 Å². The molecule has 0 bridgehead atoms. The average molecular weight is 294 g/mol. The first-order chi connectivity index (χ1) is 10.9. The third kappa shape index (κ3) is 4.03. The summed E-state index contributed by atoms with van der Waals surface area (Å²) in [5.74, 6) is 0. The summed E-state index contributed by atoms with van der Waals surface area (Å²) in [5, 5.41) is 3.69. The molecule has 2 heterocycles. The Kier molecular flexibility index (Phi) is 5.35. The zero-order chi connectivity index (χ0) is 15.0. The van der Waals surface area contributed by atoms with Crippen LogP contribution in [0.3, 0.4) is 0 Å². The van der Waals surface area contributed by atoms with Crippen molar-refractivity contribution in [3.8, 4) is 0 Å². The van der Waals surface area contributed by atoms with Gasteiger partial charge in [0.25, 0.3) is 0 Å². The monoisotopic (exact) mass is 294 g/mol. The molecule has 0 amide bonds. The summed E-state index contributed by atoms with van der Waals surface area (Å²) < 4.78 is 5.36. The number of hydrogen-bond donors (Lipinski definition) is 1. The number of pyridine rings is 1. The highest BCUT2D eigenvalue weighted by molar-refractivity contribution is 5.30. The van der Waals surface area contributed by atoms with Crippen LogP contribution < -0.4 is 5.32 Å². The predicted octanol–water partition coefficient (Wildman–Crippen LogP) is 3.50. The average Bonchev–Trinajstić information content (AvgIpc) is 2.61. The van der Waals surface area contributed by atoms with Gasteiger partial charge in [-0.1, -0.05) is 42.0 Å². The molecular formula is C19H22N2O. The second-order valence-electron chi connectivity index (χ2n) is 5.52. The summed E-state index contributed by atoms with van der Waals surface area (Å²) >= 11 is 0. The first-order valence-electron chi connectivity index (χ1n) is 7.87. The van der Waals surface area contributed by atoms with Crippen LogP contribution in [0.5, 0.6) is 0 Å². The van der Waals surface area contributed by atoms with E-state index in [1.54, 1.807) is 0 Å². The van der Waals surface area contributed by atoms with Crippen LogP contribution in [0.25, 0.3) is 0 Å². The fourth-order valence-corrected chi connectivity index (χ4v) is 2.80. The molecule has 1 aliphatic heterocycles. The van der Waals surface area contributed by atoms with Crippen LogP contribution in [0.1, 0.15) is 30.0 Å². The number of aromatic nitrogens is 1. The Hall–Kier alpha value is -1.97. The van der Waals surface area contributed by atoms with Gasteiger partial charge in [0.05, 0.1) is 19.3 Å². The van der Waals surface area contributed by atoms with E-state index in [0.717, 1.165) is 32.6 Å². The molecule has 0 unspecified atom stereocenters. The maximum Gasteiger partial charge on any atom is 0.0650 e. The van der Waals surface area contributed by atoms with Crippen molar-refractivity contribution >= 4 is 0 Å². The number of nitrogens with one attached hydrogen (secondary N) is 1. The molecule has 3 rings (SSSR count). The summed E-state index contributed by atoms with van der Waals surface area (Å²) in [7, 11) is 0. The third-order valence-electron chi connectivity index (χ3n) is 4.02. The van der Waals surface area contributed by atoms with Gasteiger partial charge in [-0.3, -0.25) is 4.98 Å². The molecule has 0 saturated carbocycles. The molecular weight excluding hydrogens is 272 g/mol. The molecule has 0 saturated heterocycles. The highest BCUT2D eigenvalue weighted by atomic mass is 16.5. The van der Waals surface area contributed by atoms with Crippen molar-refractivity contribution < 1.29 is 4.74 Å². The lowest BCUT2D eigenvalue weighted by atomic mass is 9.99. The summed E-state index contributed by atoms with van der Waals surface area (Å²) in [6.07, 6.45) is 8.07. The van der Waals surface area contributed by atoms with E-state index < -0.39 is 0 Å². The highest BCUT2D eigenvalue weighted by Gasteiger charge is 2.13. The Balaban J connectivity index is 1.68. The number of benzene rings is 1. The zero-order valence-corrected chi connectivity index (χ0v) is 12.7. The van der Waals surface area contributed by atoms with Gasteiger partial charge in [-0.25, -0.2) is 0 Å². The van der Waals surface area contributed by atoms with E-state index in [1.165, 1.54) is 16.7 Å². The van der Waals surface area contributed by atoms with Crippen LogP contribution in [0, 0.1) is 0 Å². The van der Waals surface area contributed by atoms with Crippen molar-refractivity contribution in [3.05, 3.63) is 77.6 Å². The summed E-state index contributed by atoms with van der Waals surface area (Å²) in [6, 6.07) is 15.0. The maximum absolute atomic E-state index is 5.36. The Labute approximate surface area is 132 Å². The normalized spacial score (nSPS) is 16.1. The standard InChI is InChI=1S/C19H22N2O/c1-2-4-17(5-3-1)19(18-7-11-20-12-8-18)21-13-6-16-9-14-22-15-10-16/h1-5,7-9,11-12,19,21H,6,10,13-15H2/t19-/m1/s1. The summed E-state index contributed by atoms with van der Waals surface area (Å²) in [5.41, 5.74) is 4.04. The topological polar surface area (TPSA) is 34.2 Å². The number of nitrogens with zero attached hydrogens (tertiary/aromatic N) is 1. The van der Waals surface area contributed by atoms with Crippen molar-refractivity contribution in [1.29, 1.82) is 0 Å². The predicted molar refractivity (Wildman–Crippen MR) is 88.7 cm³/mol. The molecule has 0 spiro atoms. The van der Waals surface area contributed by atoms with E-state index in [4.69, 9.17) is 4.74 Å². The van der Waals surface area contributed by atoms with Crippen molar-refractivity contribution in [3.63, 3.8) is 0 Å². The molecule has 1 aliphatic rings. The van der Waals surface area contributed by atoms with Gasteiger partial charge in [0.15, 0.2) is 0 Å². The molecule has 2 aromatic rings. The smallest absolute Gasteiger partial charge is 0.0650 e. The molecule has 1 N–H and O–H groups in total. The van der Waals surface area contributed by atoms with Crippen molar-refractivity contribution in [2.24, 2.45) is 0 Å². The fourth-order valence-electron chi connectivity index (χ4n) is 2.80. The summed E-state index contributed by atoms with van der Waals surface area (Å²) in [4.78, 5) is 4.12. The molecule has 0 radical (unpaired) electrons. The lowest BCUT2D eigenvalue weighted by Crippen LogP contribution is -2.24. The second kappa shape index (κ2) is 7.87. The van der Waals surface area contributed by atoms with Crippen molar-refractivity contribution in [2.45, 2.75) is 18.9 Å². The van der Waals surface area contributed by atoms with Crippen LogP contribution in [0.2, 0.25) is 0 Å². The molecule has 3 nitrogen and oxygen atoms in total. The quantitative estimate of drug-likeness (QED) is 0.828. The Bertz CT molecular complexity index is 556. The van der Waals surface area contributed by atoms with Gasteiger partial charge in [0.1, 0.15) is 0 Å². The Morgan fingerprint density at radius 3 is 2.55 bits per heavy atom. The van der Waals surface area contributed by atoms with E-state index in [-0.39, 0.29) is 6.04 Å². The molecule has 0 fully saturated rings. The highest BCUT2D eigenvalue weighted by Crippen LogP contribution is 2.21. The minimum atomic E-state index is 0.213. The van der Waals surface area contributed by atoms with Crippen molar-refractivity contribution in [2.75, 3.05) is 19.8 Å². The number of hydrogen-bond acceptors (Lipinski definition) is 3. The Morgan fingerprint density at radius 1 is 1.05 bits per heavy atom. The van der Waals surface area contributed by atoms with Crippen LogP contribution in [0.4, 0.5) is 0 Å². The van der Waals surface area contributed by atoms with E-state index in [0.29, 0.717) is 0 Å². The van der Waals surface area contributed by atoms with E-state index in [1.807, 2.05) is 12.4 Å².